The molecule has 230 valence electrons. The fraction of sp³-hybridized carbons (Fsp3) is 0.636. The molecule has 43 heavy (non-hydrogen) atoms. The summed E-state index contributed by atoms with van der Waals surface area (Å²) in [5, 5.41) is 21.4. The van der Waals surface area contributed by atoms with E-state index in [0.717, 1.165) is 44.0 Å². The van der Waals surface area contributed by atoms with Crippen molar-refractivity contribution in [2.75, 3.05) is 30.3 Å². The first-order chi connectivity index (χ1) is 20.6. The summed E-state index contributed by atoms with van der Waals surface area (Å²) in [5.74, 6) is 3.20. The summed E-state index contributed by atoms with van der Waals surface area (Å²) in [6.45, 7) is 8.59. The normalized spacial score (nSPS) is 28.4. The number of nitrogens with zero attached hydrogens (tertiary/aromatic N) is 4. The number of hydrogen-bond acceptors (Lipinski definition) is 8. The molecule has 3 N–H and O–H groups in total. The molecule has 1 aromatic carbocycles. The number of nitrogens with one attached hydrogen (secondary N) is 3. The first-order valence-corrected chi connectivity index (χ1v) is 16.2. The van der Waals surface area contributed by atoms with Gasteiger partial charge < -0.3 is 25.6 Å². The Hall–Kier alpha value is -3.09. The summed E-state index contributed by atoms with van der Waals surface area (Å²) in [5.41, 5.74) is 1.21. The fourth-order valence-electron chi connectivity index (χ4n) is 8.28. The lowest BCUT2D eigenvalue weighted by Gasteiger charge is -2.61. The molecule has 1 aliphatic heterocycles. The van der Waals surface area contributed by atoms with E-state index >= 15 is 0 Å². The third kappa shape index (κ3) is 6.86. The van der Waals surface area contributed by atoms with E-state index in [1.165, 1.54) is 32.1 Å². The first-order valence-electron chi connectivity index (χ1n) is 15.8. The zero-order valence-electron chi connectivity index (χ0n) is 25.5. The number of carbonyl (C=O) groups excluding carboxylic acids is 1. The van der Waals surface area contributed by atoms with E-state index in [1.54, 1.807) is 6.20 Å². The van der Waals surface area contributed by atoms with Crippen LogP contribution in [-0.2, 0) is 11.3 Å². The number of amides is 1. The molecular weight excluding hydrogens is 562 g/mol. The molecule has 0 radical (unpaired) electrons. The van der Waals surface area contributed by atoms with Crippen molar-refractivity contribution in [1.29, 1.82) is 5.26 Å². The number of hydrogen-bond donors (Lipinski definition) is 3. The monoisotopic (exact) mass is 605 g/mol. The molecule has 10 heteroatoms. The summed E-state index contributed by atoms with van der Waals surface area (Å²) >= 11 is 6.31. The second-order valence-electron chi connectivity index (χ2n) is 14.3. The van der Waals surface area contributed by atoms with Crippen LogP contribution in [0, 0.1) is 34.5 Å². The molecule has 5 atom stereocenters. The van der Waals surface area contributed by atoms with Crippen LogP contribution in [0.25, 0.3) is 0 Å². The van der Waals surface area contributed by atoms with Crippen molar-refractivity contribution in [3.05, 3.63) is 46.6 Å². The molecule has 5 fully saturated rings. The van der Waals surface area contributed by atoms with Crippen LogP contribution in [0.5, 0.6) is 0 Å². The fourth-order valence-corrected chi connectivity index (χ4v) is 8.48. The molecule has 5 aliphatic rings. The van der Waals surface area contributed by atoms with Gasteiger partial charge in [-0.15, -0.1) is 0 Å². The highest BCUT2D eigenvalue weighted by molar-refractivity contribution is 6.31. The second-order valence-corrected chi connectivity index (χ2v) is 14.7. The van der Waals surface area contributed by atoms with Gasteiger partial charge in [0.1, 0.15) is 23.1 Å². The van der Waals surface area contributed by atoms with Crippen molar-refractivity contribution in [3.8, 4) is 6.07 Å². The van der Waals surface area contributed by atoms with E-state index in [1.807, 2.05) is 49.9 Å². The smallest absolute Gasteiger partial charge is 0.410 e. The number of carbonyl (C=O) groups is 1. The van der Waals surface area contributed by atoms with Crippen LogP contribution in [0.3, 0.4) is 0 Å². The van der Waals surface area contributed by atoms with Crippen molar-refractivity contribution in [1.82, 2.24) is 20.2 Å². The second kappa shape index (κ2) is 12.1. The molecule has 4 aliphatic carbocycles. The third-order valence-electron chi connectivity index (χ3n) is 9.91. The quantitative estimate of drug-likeness (QED) is 0.325. The highest BCUT2D eigenvalue weighted by atomic mass is 35.5. The van der Waals surface area contributed by atoms with Crippen molar-refractivity contribution in [3.63, 3.8) is 0 Å². The number of piperidine rings is 1. The van der Waals surface area contributed by atoms with Crippen molar-refractivity contribution < 1.29 is 9.53 Å². The zero-order valence-corrected chi connectivity index (χ0v) is 26.3. The third-order valence-corrected chi connectivity index (χ3v) is 10.3. The largest absolute Gasteiger partial charge is 0.444 e. The number of ether oxygens (including phenoxy) is 1. The highest BCUT2D eigenvalue weighted by Gasteiger charge is 2.55. The van der Waals surface area contributed by atoms with Gasteiger partial charge in [0.15, 0.2) is 0 Å². The molecule has 2 aromatic rings. The zero-order chi connectivity index (χ0) is 30.2. The molecule has 1 unspecified atom stereocenters. The van der Waals surface area contributed by atoms with Gasteiger partial charge in [0.25, 0.3) is 0 Å². The Bertz CT molecular complexity index is 1350. The minimum atomic E-state index is -0.461. The number of benzene rings is 1. The summed E-state index contributed by atoms with van der Waals surface area (Å²) < 4.78 is 5.59. The molecule has 9 nitrogen and oxygen atoms in total. The standard InChI is InChI=1S/C33H44ClN7O2/c1-32(2,3)43-31(42)41-10-8-26(9-11-41)39-28-23-12-21-13-24(28)16-33(14-21,15-23)20-38-29-25(17-35)19-37-30(40-29)36-18-22-6-4-5-7-27(22)34/h4-7,19,21,23-24,26,28,39H,8-16,18,20H2,1-3H3,(H2,36,37,38,40)/t21?,23-,24+,28-,33-. The number of halogens is 1. The lowest BCUT2D eigenvalue weighted by Crippen LogP contribution is -2.62. The number of likely N-dealkylation sites (tertiary alicyclic amines) is 1. The Kier molecular flexibility index (Phi) is 8.45. The maximum Gasteiger partial charge on any atom is 0.410 e. The predicted molar refractivity (Wildman–Crippen MR) is 168 cm³/mol. The molecule has 1 saturated heterocycles. The number of rotatable bonds is 8. The number of aromatic nitrogens is 2. The molecular formula is C33H44ClN7O2. The van der Waals surface area contributed by atoms with Crippen LogP contribution in [-0.4, -0.2) is 58.3 Å². The molecule has 0 spiro atoms. The van der Waals surface area contributed by atoms with Crippen LogP contribution in [0.2, 0.25) is 5.02 Å². The van der Waals surface area contributed by atoms with Gasteiger partial charge in [-0.25, -0.2) is 9.78 Å². The van der Waals surface area contributed by atoms with E-state index in [0.29, 0.717) is 52.8 Å². The van der Waals surface area contributed by atoms with Gasteiger partial charge >= 0.3 is 6.09 Å². The van der Waals surface area contributed by atoms with Crippen LogP contribution < -0.4 is 16.0 Å². The average Bonchev–Trinajstić information content (AvgIpc) is 2.97. The van der Waals surface area contributed by atoms with Gasteiger partial charge in [0.05, 0.1) is 6.20 Å². The van der Waals surface area contributed by atoms with Crippen LogP contribution in [0.1, 0.15) is 76.8 Å². The van der Waals surface area contributed by atoms with Crippen LogP contribution >= 0.6 is 11.6 Å². The predicted octanol–water partition coefficient (Wildman–Crippen LogP) is 6.21. The minimum absolute atomic E-state index is 0.193. The Balaban J connectivity index is 1.05. The van der Waals surface area contributed by atoms with Crippen molar-refractivity contribution in [2.24, 2.45) is 23.2 Å². The lowest BCUT2D eigenvalue weighted by atomic mass is 9.48. The topological polar surface area (TPSA) is 115 Å². The highest BCUT2D eigenvalue weighted by Crippen LogP contribution is 2.60. The maximum atomic E-state index is 12.5. The number of anilines is 2. The van der Waals surface area contributed by atoms with E-state index in [2.05, 4.69) is 32.0 Å². The molecule has 2 heterocycles. The SMILES string of the molecule is CC(C)(C)OC(=O)N1CCC(N[C@@H]2[C@@H]3CC4C[C@H]2C[C@@](CNc2nc(NCc5ccccc5Cl)ncc2C#N)(C4)C3)CC1. The Morgan fingerprint density at radius 3 is 2.53 bits per heavy atom. The molecule has 4 bridgehead atoms. The van der Waals surface area contributed by atoms with E-state index in [-0.39, 0.29) is 11.5 Å². The Morgan fingerprint density at radius 1 is 1.14 bits per heavy atom. The van der Waals surface area contributed by atoms with Gasteiger partial charge in [-0.3, -0.25) is 0 Å². The van der Waals surface area contributed by atoms with Crippen LogP contribution in [0.15, 0.2) is 30.5 Å². The van der Waals surface area contributed by atoms with Gasteiger partial charge in [0, 0.05) is 43.3 Å². The molecule has 7 rings (SSSR count). The summed E-state index contributed by atoms with van der Waals surface area (Å²) in [6.07, 6.45) is 9.61. The van der Waals surface area contributed by atoms with Crippen molar-refractivity contribution in [2.45, 2.75) is 89.9 Å². The first kappa shape index (κ1) is 30.0. The average molecular weight is 606 g/mol. The summed E-state index contributed by atoms with van der Waals surface area (Å²) in [7, 11) is 0. The minimum Gasteiger partial charge on any atom is -0.444 e. The number of nitriles is 1. The van der Waals surface area contributed by atoms with Gasteiger partial charge in [-0.2, -0.15) is 10.2 Å². The molecule has 1 aromatic heterocycles. The maximum absolute atomic E-state index is 12.5. The van der Waals surface area contributed by atoms with Crippen molar-refractivity contribution >= 4 is 29.5 Å². The molecule has 4 saturated carbocycles. The summed E-state index contributed by atoms with van der Waals surface area (Å²) in [4.78, 5) is 23.4. The van der Waals surface area contributed by atoms with E-state index < -0.39 is 5.60 Å². The Labute approximate surface area is 260 Å². The van der Waals surface area contributed by atoms with Gasteiger partial charge in [-0.05, 0) is 101 Å². The van der Waals surface area contributed by atoms with Gasteiger partial charge in [0.2, 0.25) is 5.95 Å². The van der Waals surface area contributed by atoms with Gasteiger partial charge in [-0.1, -0.05) is 29.8 Å². The van der Waals surface area contributed by atoms with E-state index in [9.17, 15) is 10.1 Å². The summed E-state index contributed by atoms with van der Waals surface area (Å²) in [6, 6.07) is 11.0. The lowest BCUT2D eigenvalue weighted by molar-refractivity contribution is -0.0735. The van der Waals surface area contributed by atoms with Crippen LogP contribution in [0.4, 0.5) is 16.6 Å². The Morgan fingerprint density at radius 2 is 1.86 bits per heavy atom. The molecule has 1 amide bonds. The van der Waals surface area contributed by atoms with E-state index in [4.69, 9.17) is 16.3 Å².